The number of hydrogen-bond donors (Lipinski definition) is 0. The molecule has 0 spiro atoms. The largest absolute Gasteiger partial charge is 0.486 e. The van der Waals surface area contributed by atoms with Gasteiger partial charge < -0.3 is 9.47 Å². The molecule has 0 amide bonds. The van der Waals surface area contributed by atoms with Crippen LogP contribution in [0, 0.1) is 0 Å². The molecule has 0 atom stereocenters. The first-order valence-electron chi connectivity index (χ1n) is 6.87. The molecule has 6 heteroatoms. The second-order valence-electron chi connectivity index (χ2n) is 4.72. The van der Waals surface area contributed by atoms with E-state index < -0.39 is 0 Å². The molecule has 110 valence electrons. The van der Waals surface area contributed by atoms with Crippen molar-refractivity contribution in [1.82, 2.24) is 9.78 Å². The van der Waals surface area contributed by atoms with Gasteiger partial charge in [0.1, 0.15) is 18.9 Å². The molecule has 0 saturated carbocycles. The minimum atomic E-state index is -0.116. The predicted octanol–water partition coefficient (Wildman–Crippen LogP) is 3.06. The summed E-state index contributed by atoms with van der Waals surface area (Å²) in [4.78, 5) is 12.9. The van der Waals surface area contributed by atoms with Crippen LogP contribution in [0.5, 0.6) is 11.5 Å². The molecule has 3 rings (SSSR count). The third-order valence-electron chi connectivity index (χ3n) is 3.26. The Balaban J connectivity index is 2.05. The Hall–Kier alpha value is -1.82. The van der Waals surface area contributed by atoms with Gasteiger partial charge in [0, 0.05) is 6.54 Å². The van der Waals surface area contributed by atoms with E-state index in [9.17, 15) is 4.79 Å². The number of halogens is 1. The molecule has 5 nitrogen and oxygen atoms in total. The fraction of sp³-hybridized carbons (Fsp3) is 0.333. The number of hydrogen-bond acceptors (Lipinski definition) is 4. The normalized spacial score (nSPS) is 13.2. The van der Waals surface area contributed by atoms with E-state index >= 15 is 0 Å². The number of carbonyl (C=O) groups excluding carboxylic acids is 1. The second-order valence-corrected chi connectivity index (χ2v) is 5.58. The van der Waals surface area contributed by atoms with Crippen LogP contribution in [-0.4, -0.2) is 28.8 Å². The number of carbonyl (C=O) groups is 1. The number of nitrogens with zero attached hydrogens (tertiary/aromatic N) is 2. The summed E-state index contributed by atoms with van der Waals surface area (Å²) in [7, 11) is 0. The summed E-state index contributed by atoms with van der Waals surface area (Å²) >= 11 is 3.40. The second kappa shape index (κ2) is 5.89. The Morgan fingerprint density at radius 2 is 2.19 bits per heavy atom. The summed E-state index contributed by atoms with van der Waals surface area (Å²) in [6.07, 6.45) is 2.55. The van der Waals surface area contributed by atoms with Gasteiger partial charge in [-0.15, -0.1) is 0 Å². The molecule has 1 aromatic carbocycles. The topological polar surface area (TPSA) is 53.4 Å². The maximum absolute atomic E-state index is 12.9. The highest BCUT2D eigenvalue weighted by Gasteiger charge is 2.25. The van der Waals surface area contributed by atoms with E-state index in [-0.39, 0.29) is 5.78 Å². The molecule has 0 aliphatic carbocycles. The van der Waals surface area contributed by atoms with Gasteiger partial charge in [0.25, 0.3) is 0 Å². The van der Waals surface area contributed by atoms with Crippen LogP contribution >= 0.6 is 15.9 Å². The van der Waals surface area contributed by atoms with E-state index in [1.807, 2.05) is 13.0 Å². The first-order valence-corrected chi connectivity index (χ1v) is 7.66. The van der Waals surface area contributed by atoms with Crippen molar-refractivity contribution in [1.29, 1.82) is 0 Å². The molecule has 1 aliphatic rings. The van der Waals surface area contributed by atoms with Gasteiger partial charge in [0.2, 0.25) is 5.78 Å². The predicted molar refractivity (Wildman–Crippen MR) is 81.1 cm³/mol. The lowest BCUT2D eigenvalue weighted by molar-refractivity contribution is 0.101. The molecule has 2 heterocycles. The Morgan fingerprint density at radius 3 is 3.00 bits per heavy atom. The van der Waals surface area contributed by atoms with E-state index in [1.54, 1.807) is 23.0 Å². The Morgan fingerprint density at radius 1 is 1.38 bits per heavy atom. The maximum Gasteiger partial charge on any atom is 0.216 e. The van der Waals surface area contributed by atoms with E-state index in [0.717, 1.165) is 6.42 Å². The van der Waals surface area contributed by atoms with Crippen LogP contribution in [-0.2, 0) is 6.54 Å². The number of rotatable bonds is 4. The van der Waals surface area contributed by atoms with Crippen LogP contribution in [0.2, 0.25) is 0 Å². The third-order valence-corrected chi connectivity index (χ3v) is 3.84. The van der Waals surface area contributed by atoms with Gasteiger partial charge in [0.05, 0.1) is 16.2 Å². The number of ketones is 1. The van der Waals surface area contributed by atoms with Gasteiger partial charge >= 0.3 is 0 Å². The number of aromatic nitrogens is 2. The summed E-state index contributed by atoms with van der Waals surface area (Å²) in [5.74, 6) is 1.02. The van der Waals surface area contributed by atoms with Crippen LogP contribution in [0.15, 0.2) is 28.9 Å². The summed E-state index contributed by atoms with van der Waals surface area (Å²) in [6, 6.07) is 5.37. The van der Waals surface area contributed by atoms with Gasteiger partial charge in [0.15, 0.2) is 11.5 Å². The molecule has 0 unspecified atom stereocenters. The van der Waals surface area contributed by atoms with E-state index in [0.29, 0.717) is 47.0 Å². The van der Waals surface area contributed by atoms with Crippen LogP contribution in [0.4, 0.5) is 0 Å². The van der Waals surface area contributed by atoms with Crippen molar-refractivity contribution >= 4 is 21.7 Å². The standard InChI is InChI=1S/C15H15BrN2O3/c1-2-6-18-13(11(16)9-17-18)14(19)10-4-3-5-12-15(10)21-8-7-20-12/h3-5,9H,2,6-8H2,1H3. The van der Waals surface area contributed by atoms with E-state index in [2.05, 4.69) is 21.0 Å². The van der Waals surface area contributed by atoms with Crippen molar-refractivity contribution in [2.75, 3.05) is 13.2 Å². The van der Waals surface area contributed by atoms with Gasteiger partial charge in [-0.25, -0.2) is 0 Å². The fourth-order valence-corrected chi connectivity index (χ4v) is 2.83. The summed E-state index contributed by atoms with van der Waals surface area (Å²) in [5, 5.41) is 4.24. The van der Waals surface area contributed by atoms with Gasteiger partial charge in [-0.05, 0) is 34.5 Å². The maximum atomic E-state index is 12.9. The fourth-order valence-electron chi connectivity index (χ4n) is 2.35. The average Bonchev–Trinajstić information content (AvgIpc) is 2.87. The molecule has 21 heavy (non-hydrogen) atoms. The lowest BCUT2D eigenvalue weighted by Crippen LogP contribution is -2.19. The van der Waals surface area contributed by atoms with Crippen LogP contribution < -0.4 is 9.47 Å². The highest BCUT2D eigenvalue weighted by molar-refractivity contribution is 9.10. The van der Waals surface area contributed by atoms with Crippen molar-refractivity contribution in [3.8, 4) is 11.5 Å². The number of benzene rings is 1. The lowest BCUT2D eigenvalue weighted by Gasteiger charge is -2.20. The quantitative estimate of drug-likeness (QED) is 0.795. The van der Waals surface area contributed by atoms with Crippen molar-refractivity contribution in [2.45, 2.75) is 19.9 Å². The average molecular weight is 351 g/mol. The number of para-hydroxylation sites is 1. The van der Waals surface area contributed by atoms with Crippen molar-refractivity contribution in [3.63, 3.8) is 0 Å². The molecule has 1 aromatic heterocycles. The highest BCUT2D eigenvalue weighted by atomic mass is 79.9. The number of aryl methyl sites for hydroxylation is 1. The van der Waals surface area contributed by atoms with Gasteiger partial charge in [-0.2, -0.15) is 5.10 Å². The van der Waals surface area contributed by atoms with Crippen LogP contribution in [0.3, 0.4) is 0 Å². The van der Waals surface area contributed by atoms with Crippen molar-refractivity contribution in [2.24, 2.45) is 0 Å². The molecular weight excluding hydrogens is 336 g/mol. The number of ether oxygens (including phenoxy) is 2. The molecular formula is C15H15BrN2O3. The van der Waals surface area contributed by atoms with Gasteiger partial charge in [-0.3, -0.25) is 9.48 Å². The first-order chi connectivity index (χ1) is 10.2. The van der Waals surface area contributed by atoms with Crippen LogP contribution in [0.1, 0.15) is 29.4 Å². The SMILES string of the molecule is CCCn1ncc(Br)c1C(=O)c1cccc2c1OCCO2. The molecule has 0 saturated heterocycles. The minimum Gasteiger partial charge on any atom is -0.486 e. The molecule has 0 bridgehead atoms. The first kappa shape index (κ1) is 14.1. The zero-order valence-electron chi connectivity index (χ0n) is 11.6. The van der Waals surface area contributed by atoms with Gasteiger partial charge in [-0.1, -0.05) is 13.0 Å². The van der Waals surface area contributed by atoms with Crippen molar-refractivity contribution < 1.29 is 14.3 Å². The number of fused-ring (bicyclic) bond motifs is 1. The summed E-state index contributed by atoms with van der Waals surface area (Å²) in [6.45, 7) is 3.69. The monoisotopic (exact) mass is 350 g/mol. The molecule has 2 aromatic rings. The minimum absolute atomic E-state index is 0.116. The smallest absolute Gasteiger partial charge is 0.216 e. The molecule has 0 fully saturated rings. The zero-order valence-corrected chi connectivity index (χ0v) is 13.2. The lowest BCUT2D eigenvalue weighted by atomic mass is 10.1. The zero-order chi connectivity index (χ0) is 14.8. The summed E-state index contributed by atoms with van der Waals surface area (Å²) in [5.41, 5.74) is 1.05. The van der Waals surface area contributed by atoms with Crippen molar-refractivity contribution in [3.05, 3.63) is 40.1 Å². The Kier molecular flexibility index (Phi) is 3.96. The molecule has 0 radical (unpaired) electrons. The Labute approximate surface area is 131 Å². The summed E-state index contributed by atoms with van der Waals surface area (Å²) < 4.78 is 13.6. The van der Waals surface area contributed by atoms with E-state index in [1.165, 1.54) is 0 Å². The van der Waals surface area contributed by atoms with E-state index in [4.69, 9.17) is 9.47 Å². The molecule has 1 aliphatic heterocycles. The van der Waals surface area contributed by atoms with Crippen LogP contribution in [0.25, 0.3) is 0 Å². The third kappa shape index (κ3) is 2.55. The highest BCUT2D eigenvalue weighted by Crippen LogP contribution is 2.35. The molecule has 0 N–H and O–H groups in total. The Bertz CT molecular complexity index is 682.